The van der Waals surface area contributed by atoms with Gasteiger partial charge in [-0.3, -0.25) is 5.41 Å². The predicted octanol–water partition coefficient (Wildman–Crippen LogP) is 0.376. The van der Waals surface area contributed by atoms with Gasteiger partial charge < -0.3 is 9.47 Å². The molecule has 4 nitrogen and oxygen atoms in total. The van der Waals surface area contributed by atoms with E-state index in [0.29, 0.717) is 6.40 Å². The summed E-state index contributed by atoms with van der Waals surface area (Å²) in [4.78, 5) is 9.82. The molecule has 0 amide bonds. The third kappa shape index (κ3) is 2.75. The Bertz CT molecular complexity index is 80.2. The largest absolute Gasteiger partial charge is 0.514 e. The van der Waals surface area contributed by atoms with Crippen molar-refractivity contribution in [1.29, 1.82) is 5.41 Å². The number of carbonyl (C=O) groups is 1. The molecule has 0 aromatic rings. The molecule has 0 aliphatic heterocycles. The number of nitrogens with one attached hydrogen (secondary N) is 1. The summed E-state index contributed by atoms with van der Waals surface area (Å²) < 4.78 is 7.85. The average molecular weight is 103 g/mol. The Morgan fingerprint density at radius 1 is 1.86 bits per heavy atom. The van der Waals surface area contributed by atoms with Crippen LogP contribution in [0.5, 0.6) is 0 Å². The molecule has 0 aromatic heterocycles. The first-order valence-corrected chi connectivity index (χ1v) is 1.54. The molecular formula is C3H5NO3. The topological polar surface area (TPSA) is 59.4 Å². The van der Waals surface area contributed by atoms with E-state index in [9.17, 15) is 4.79 Å². The van der Waals surface area contributed by atoms with E-state index in [-0.39, 0.29) is 0 Å². The number of ether oxygens (including phenoxy) is 2. The highest BCUT2D eigenvalue weighted by Gasteiger charge is 1.92. The fourth-order valence-electron chi connectivity index (χ4n) is 0.0962. The van der Waals surface area contributed by atoms with Crippen LogP contribution >= 0.6 is 0 Å². The van der Waals surface area contributed by atoms with E-state index in [0.717, 1.165) is 0 Å². The van der Waals surface area contributed by atoms with Crippen molar-refractivity contribution >= 4 is 12.6 Å². The number of hydrogen-bond donors (Lipinski definition) is 1. The number of carbonyl (C=O) groups excluding carboxylic acids is 1. The minimum atomic E-state index is -0.866. The molecule has 0 heterocycles. The lowest BCUT2D eigenvalue weighted by Gasteiger charge is -1.89. The summed E-state index contributed by atoms with van der Waals surface area (Å²) in [6.07, 6.45) is -0.360. The molecule has 0 saturated carbocycles. The second-order valence-electron chi connectivity index (χ2n) is 0.690. The van der Waals surface area contributed by atoms with Crippen LogP contribution < -0.4 is 0 Å². The molecule has 0 aromatic carbocycles. The average Bonchev–Trinajstić information content (AvgIpc) is 1.68. The van der Waals surface area contributed by atoms with E-state index in [4.69, 9.17) is 5.41 Å². The zero-order valence-electron chi connectivity index (χ0n) is 3.80. The van der Waals surface area contributed by atoms with Crippen LogP contribution in [0.4, 0.5) is 4.79 Å². The van der Waals surface area contributed by atoms with Crippen LogP contribution in [-0.4, -0.2) is 19.7 Å². The van der Waals surface area contributed by atoms with Crippen LogP contribution in [0.1, 0.15) is 0 Å². The summed E-state index contributed by atoms with van der Waals surface area (Å²) >= 11 is 0. The molecule has 1 N–H and O–H groups in total. The van der Waals surface area contributed by atoms with Crippen LogP contribution in [0.3, 0.4) is 0 Å². The van der Waals surface area contributed by atoms with Crippen molar-refractivity contribution in [2.24, 2.45) is 0 Å². The van der Waals surface area contributed by atoms with Gasteiger partial charge in [-0.25, -0.2) is 4.79 Å². The summed E-state index contributed by atoms with van der Waals surface area (Å²) in [5.74, 6) is 0. The lowest BCUT2D eigenvalue weighted by molar-refractivity contribution is 0.120. The van der Waals surface area contributed by atoms with Crippen molar-refractivity contribution in [2.75, 3.05) is 7.11 Å². The molecule has 0 spiro atoms. The van der Waals surface area contributed by atoms with Gasteiger partial charge in [-0.05, 0) is 0 Å². The van der Waals surface area contributed by atoms with E-state index in [1.54, 1.807) is 0 Å². The molecule has 0 unspecified atom stereocenters. The lowest BCUT2D eigenvalue weighted by atomic mass is 11.3. The van der Waals surface area contributed by atoms with Crippen molar-refractivity contribution < 1.29 is 14.3 Å². The van der Waals surface area contributed by atoms with E-state index in [1.807, 2.05) is 0 Å². The minimum absolute atomic E-state index is 0.506. The quantitative estimate of drug-likeness (QED) is 0.296. The standard InChI is InChI=1S/C3H5NO3/c1-6-3(5)7-2-4/h2,4H,1H3. The second-order valence-corrected chi connectivity index (χ2v) is 0.690. The third-order valence-corrected chi connectivity index (χ3v) is 0.322. The zero-order valence-corrected chi connectivity index (χ0v) is 3.80. The molecule has 0 aliphatic carbocycles. The SMILES string of the molecule is COC(=O)OC=N. The van der Waals surface area contributed by atoms with Crippen molar-refractivity contribution in [1.82, 2.24) is 0 Å². The van der Waals surface area contributed by atoms with Crippen LogP contribution in [0.2, 0.25) is 0 Å². The number of rotatable bonds is 1. The Kier molecular flexibility index (Phi) is 2.67. The first-order chi connectivity index (χ1) is 3.31. The fourth-order valence-corrected chi connectivity index (χ4v) is 0.0962. The Hall–Kier alpha value is -1.06. The summed E-state index contributed by atoms with van der Waals surface area (Å²) in [7, 11) is 1.17. The highest BCUT2D eigenvalue weighted by atomic mass is 16.7. The maximum absolute atomic E-state index is 9.82. The minimum Gasteiger partial charge on any atom is -0.437 e. The molecule has 0 fully saturated rings. The molecule has 40 valence electrons. The van der Waals surface area contributed by atoms with E-state index in [2.05, 4.69) is 9.47 Å². The summed E-state index contributed by atoms with van der Waals surface area (Å²) in [6, 6.07) is 0. The van der Waals surface area contributed by atoms with Gasteiger partial charge in [-0.1, -0.05) is 0 Å². The van der Waals surface area contributed by atoms with Gasteiger partial charge in [0, 0.05) is 0 Å². The van der Waals surface area contributed by atoms with Gasteiger partial charge in [-0.15, -0.1) is 0 Å². The second kappa shape index (κ2) is 3.14. The van der Waals surface area contributed by atoms with E-state index in [1.165, 1.54) is 7.11 Å². The van der Waals surface area contributed by atoms with Gasteiger partial charge in [-0.2, -0.15) is 0 Å². The molecular weight excluding hydrogens is 98.0 g/mol. The van der Waals surface area contributed by atoms with E-state index >= 15 is 0 Å². The first kappa shape index (κ1) is 5.94. The lowest BCUT2D eigenvalue weighted by Crippen LogP contribution is -2.00. The number of methoxy groups -OCH3 is 1. The molecule has 0 aliphatic rings. The fraction of sp³-hybridized carbons (Fsp3) is 0.333. The van der Waals surface area contributed by atoms with Crippen molar-refractivity contribution in [3.05, 3.63) is 0 Å². The maximum atomic E-state index is 9.82. The molecule has 0 atom stereocenters. The highest BCUT2D eigenvalue weighted by molar-refractivity contribution is 5.69. The molecule has 0 rings (SSSR count). The summed E-state index contributed by atoms with van der Waals surface area (Å²) in [5, 5.41) is 6.19. The monoisotopic (exact) mass is 103 g/mol. The maximum Gasteiger partial charge on any atom is 0.514 e. The van der Waals surface area contributed by atoms with Crippen LogP contribution in [0.25, 0.3) is 0 Å². The van der Waals surface area contributed by atoms with Gasteiger partial charge in [0.05, 0.1) is 7.11 Å². The Labute approximate surface area is 40.5 Å². The van der Waals surface area contributed by atoms with Gasteiger partial charge in [0.15, 0.2) is 6.40 Å². The normalized spacial score (nSPS) is 7.00. The molecule has 0 bridgehead atoms. The smallest absolute Gasteiger partial charge is 0.437 e. The van der Waals surface area contributed by atoms with Gasteiger partial charge in [0.25, 0.3) is 0 Å². The van der Waals surface area contributed by atoms with Crippen LogP contribution in [-0.2, 0) is 9.47 Å². The van der Waals surface area contributed by atoms with Crippen LogP contribution in [0, 0.1) is 5.41 Å². The van der Waals surface area contributed by atoms with Gasteiger partial charge in [0.1, 0.15) is 0 Å². The van der Waals surface area contributed by atoms with E-state index < -0.39 is 6.16 Å². The predicted molar refractivity (Wildman–Crippen MR) is 22.3 cm³/mol. The highest BCUT2D eigenvalue weighted by Crippen LogP contribution is 1.73. The Morgan fingerprint density at radius 3 is 2.57 bits per heavy atom. The first-order valence-electron chi connectivity index (χ1n) is 1.54. The number of hydrogen-bond acceptors (Lipinski definition) is 4. The summed E-state index contributed by atoms with van der Waals surface area (Å²) in [5.41, 5.74) is 0. The summed E-state index contributed by atoms with van der Waals surface area (Å²) in [6.45, 7) is 0. The molecule has 0 saturated heterocycles. The molecule has 7 heavy (non-hydrogen) atoms. The molecule has 0 radical (unpaired) electrons. The van der Waals surface area contributed by atoms with Crippen molar-refractivity contribution in [3.63, 3.8) is 0 Å². The molecule has 4 heteroatoms. The van der Waals surface area contributed by atoms with Gasteiger partial charge >= 0.3 is 6.16 Å². The van der Waals surface area contributed by atoms with Crippen molar-refractivity contribution in [3.8, 4) is 0 Å². The van der Waals surface area contributed by atoms with Crippen LogP contribution in [0.15, 0.2) is 0 Å². The Balaban J connectivity index is 3.17. The van der Waals surface area contributed by atoms with Crippen molar-refractivity contribution in [2.45, 2.75) is 0 Å². The Morgan fingerprint density at radius 2 is 2.43 bits per heavy atom. The zero-order chi connectivity index (χ0) is 5.70. The third-order valence-electron chi connectivity index (χ3n) is 0.322. The van der Waals surface area contributed by atoms with Gasteiger partial charge in [0.2, 0.25) is 0 Å².